The minimum Gasteiger partial charge on any atom is -0.456 e. The van der Waals surface area contributed by atoms with Crippen molar-refractivity contribution in [2.45, 2.75) is 18.6 Å². The van der Waals surface area contributed by atoms with Crippen LogP contribution in [0.25, 0.3) is 75.0 Å². The van der Waals surface area contributed by atoms with Gasteiger partial charge >= 0.3 is 0 Å². The minimum atomic E-state index is -0.940. The maximum absolute atomic E-state index is 9.46. The number of thiophene rings is 1. The van der Waals surface area contributed by atoms with Crippen molar-refractivity contribution in [3.05, 3.63) is 169 Å². The fourth-order valence-corrected chi connectivity index (χ4v) is 8.55. The molecule has 51 heavy (non-hydrogen) atoms. The second-order valence-corrected chi connectivity index (χ2v) is 13.7. The summed E-state index contributed by atoms with van der Waals surface area (Å²) in [4.78, 5) is 0. The Morgan fingerprint density at radius 3 is 2.12 bits per heavy atom. The molecule has 4 heterocycles. The molecule has 7 aromatic carbocycles. The number of furan rings is 1. The Morgan fingerprint density at radius 2 is 1.24 bits per heavy atom. The number of nitrogens with zero attached hydrogens (tertiary/aromatic N) is 1. The number of hydrogen-bond acceptors (Lipinski definition) is 5. The number of benzene rings is 7. The van der Waals surface area contributed by atoms with Gasteiger partial charge < -0.3 is 8.98 Å². The molecule has 0 radical (unpaired) electrons. The lowest BCUT2D eigenvalue weighted by molar-refractivity contribution is 0.161. The molecule has 1 saturated heterocycles. The summed E-state index contributed by atoms with van der Waals surface area (Å²) < 4.78 is 98.1. The molecule has 11 rings (SSSR count). The van der Waals surface area contributed by atoms with Crippen LogP contribution >= 0.6 is 11.3 Å². The molecule has 1 fully saturated rings. The third-order valence-electron chi connectivity index (χ3n) is 9.83. The van der Waals surface area contributed by atoms with Crippen molar-refractivity contribution in [1.29, 1.82) is 0 Å². The van der Waals surface area contributed by atoms with E-state index in [1.54, 1.807) is 4.57 Å². The van der Waals surface area contributed by atoms with Gasteiger partial charge in [0.05, 0.1) is 41.8 Å². The molecule has 10 aromatic rings. The second-order valence-electron chi connectivity index (χ2n) is 12.7. The third-order valence-corrected chi connectivity index (χ3v) is 10.9. The van der Waals surface area contributed by atoms with Gasteiger partial charge in [0.25, 0.3) is 0 Å². The maximum atomic E-state index is 9.46. The zero-order valence-corrected chi connectivity index (χ0v) is 27.5. The van der Waals surface area contributed by atoms with Gasteiger partial charge in [-0.25, -0.2) is 0 Å². The number of rotatable bonds is 4. The van der Waals surface area contributed by atoms with Crippen LogP contribution in [0, 0.1) is 0 Å². The Morgan fingerprint density at radius 1 is 0.549 bits per heavy atom. The zero-order chi connectivity index (χ0) is 42.2. The van der Waals surface area contributed by atoms with Gasteiger partial charge in [-0.2, -0.15) is 0 Å². The Balaban J connectivity index is 1.19. The lowest BCUT2D eigenvalue weighted by Gasteiger charge is -2.40. The van der Waals surface area contributed by atoms with Crippen LogP contribution in [0.15, 0.2) is 162 Å². The van der Waals surface area contributed by atoms with Crippen LogP contribution < -0.4 is 16.0 Å². The summed E-state index contributed by atoms with van der Waals surface area (Å²) in [6, 6.07) is 28.2. The Bertz CT molecular complexity index is 3500. The molecule has 244 valence electrons. The molecular weight excluding hydrogens is 645 g/mol. The van der Waals surface area contributed by atoms with E-state index in [4.69, 9.17) is 12.6 Å². The van der Waals surface area contributed by atoms with Crippen LogP contribution in [0.1, 0.15) is 43.5 Å². The van der Waals surface area contributed by atoms with E-state index >= 15 is 0 Å². The van der Waals surface area contributed by atoms with E-state index in [9.17, 15) is 5.48 Å². The number of aromatic nitrogens is 1. The molecule has 3 unspecified atom stereocenters. The normalized spacial score (nSPS) is 20.9. The van der Waals surface area contributed by atoms with E-state index in [0.717, 1.165) is 49.9 Å². The highest BCUT2D eigenvalue weighted by molar-refractivity contribution is 7.26. The molecule has 6 heteroatoms. The van der Waals surface area contributed by atoms with E-state index in [1.165, 1.54) is 0 Å². The molecule has 0 amide bonds. The highest BCUT2D eigenvalue weighted by Crippen LogP contribution is 2.43. The standard InChI is InChI=1S/C45H32N4OS/c1-2-10-27(11-3-1)28-18-20-29(21-19-28)43-46-44(30-22-23-33-32-13-5-8-16-38(32)50-39(33)26-30)48-45(47-43)49-37-15-7-4-12-31(37)35-24-25-36-34-14-6-9-17-40(34)51-42(36)41(35)49/h1-26,43-48H/i4D,6D,7D,9D,12D,14D,15D,17D,24D,25D. The average molecular weight is 687 g/mol. The molecule has 0 bridgehead atoms. The lowest BCUT2D eigenvalue weighted by atomic mass is 10.0. The lowest BCUT2D eigenvalue weighted by Crippen LogP contribution is -2.56. The average Bonchev–Trinajstić information content (AvgIpc) is 3.99. The van der Waals surface area contributed by atoms with Crippen LogP contribution in [0.3, 0.4) is 0 Å². The molecule has 1 aliphatic heterocycles. The highest BCUT2D eigenvalue weighted by Gasteiger charge is 2.32. The molecule has 1 aliphatic rings. The van der Waals surface area contributed by atoms with Crippen molar-refractivity contribution in [3.63, 3.8) is 0 Å². The van der Waals surface area contributed by atoms with Crippen LogP contribution in [-0.4, -0.2) is 4.57 Å². The molecule has 5 nitrogen and oxygen atoms in total. The maximum Gasteiger partial charge on any atom is 0.142 e. The molecule has 3 atom stereocenters. The molecular formula is C45H32N4OS. The van der Waals surface area contributed by atoms with Crippen molar-refractivity contribution in [1.82, 2.24) is 20.5 Å². The SMILES string of the molecule is [2H]c1c([2H])c([2H])c2c(sc3c2c([2H])c([2H])c2c4c([2H])c([2H])c([2H])c([2H])c4n(C4NC(c5ccc(-c6ccccc6)cc5)NC(c5ccc6c(c5)oc5ccccc56)N4)c32)c1[2H]. The van der Waals surface area contributed by atoms with E-state index < -0.39 is 42.8 Å². The minimum absolute atomic E-state index is 0.0598. The predicted molar refractivity (Wildman–Crippen MR) is 212 cm³/mol. The third kappa shape index (κ3) is 4.58. The summed E-state index contributed by atoms with van der Waals surface area (Å²) in [7, 11) is 0. The molecule has 0 spiro atoms. The first-order valence-electron chi connectivity index (χ1n) is 21.6. The van der Waals surface area contributed by atoms with Crippen molar-refractivity contribution in [2.75, 3.05) is 0 Å². The summed E-state index contributed by atoms with van der Waals surface area (Å²) >= 11 is 1.05. The van der Waals surface area contributed by atoms with Crippen LogP contribution in [-0.2, 0) is 0 Å². The molecule has 0 saturated carbocycles. The van der Waals surface area contributed by atoms with Crippen LogP contribution in [0.2, 0.25) is 0 Å². The van der Waals surface area contributed by atoms with Gasteiger partial charge in [-0.15, -0.1) is 11.3 Å². The Labute approximate surface area is 311 Å². The van der Waals surface area contributed by atoms with Gasteiger partial charge in [-0.3, -0.25) is 16.0 Å². The van der Waals surface area contributed by atoms with Gasteiger partial charge in [-0.05, 0) is 46.5 Å². The summed E-state index contributed by atoms with van der Waals surface area (Å²) in [6.07, 6.45) is -2.09. The smallest absolute Gasteiger partial charge is 0.142 e. The van der Waals surface area contributed by atoms with E-state index in [1.807, 2.05) is 97.1 Å². The summed E-state index contributed by atoms with van der Waals surface area (Å²) in [5.74, 6) is 0. The van der Waals surface area contributed by atoms with Gasteiger partial charge in [0.1, 0.15) is 17.5 Å². The first kappa shape index (κ1) is 20.8. The number of fused-ring (bicyclic) bond motifs is 10. The molecule has 3 N–H and O–H groups in total. The Kier molecular flexibility index (Phi) is 4.64. The zero-order valence-electron chi connectivity index (χ0n) is 36.7. The van der Waals surface area contributed by atoms with E-state index in [-0.39, 0.29) is 68.0 Å². The van der Waals surface area contributed by atoms with Crippen molar-refractivity contribution >= 4 is 75.3 Å². The first-order chi connectivity index (χ1) is 29.4. The Hall–Kier alpha value is -5.76. The van der Waals surface area contributed by atoms with Crippen molar-refractivity contribution < 1.29 is 18.1 Å². The molecule has 0 aliphatic carbocycles. The summed E-state index contributed by atoms with van der Waals surface area (Å²) in [5.41, 5.74) is 5.59. The first-order valence-corrected chi connectivity index (χ1v) is 17.4. The quantitative estimate of drug-likeness (QED) is 0.172. The van der Waals surface area contributed by atoms with Gasteiger partial charge in [0, 0.05) is 37.0 Å². The largest absolute Gasteiger partial charge is 0.456 e. The number of hydrogen-bond donors (Lipinski definition) is 3. The second kappa shape index (κ2) is 11.4. The van der Waals surface area contributed by atoms with E-state index in [0.29, 0.717) is 15.8 Å². The van der Waals surface area contributed by atoms with Gasteiger partial charge in [0.2, 0.25) is 0 Å². The summed E-state index contributed by atoms with van der Waals surface area (Å²) in [6.45, 7) is 0. The predicted octanol–water partition coefficient (Wildman–Crippen LogP) is 11.4. The van der Waals surface area contributed by atoms with Crippen LogP contribution in [0.5, 0.6) is 0 Å². The topological polar surface area (TPSA) is 54.2 Å². The fourth-order valence-electron chi connectivity index (χ4n) is 7.43. The van der Waals surface area contributed by atoms with Gasteiger partial charge in [0.15, 0.2) is 0 Å². The monoisotopic (exact) mass is 686 g/mol. The van der Waals surface area contributed by atoms with Crippen LogP contribution in [0.4, 0.5) is 0 Å². The van der Waals surface area contributed by atoms with E-state index in [2.05, 4.69) is 16.0 Å². The highest BCUT2D eigenvalue weighted by atomic mass is 32.1. The molecule has 3 aromatic heterocycles. The van der Waals surface area contributed by atoms with Gasteiger partial charge in [-0.1, -0.05) is 133 Å². The van der Waals surface area contributed by atoms with Crippen molar-refractivity contribution in [2.24, 2.45) is 0 Å². The number of nitrogens with one attached hydrogen (secondary N) is 3. The number of para-hydroxylation sites is 2. The van der Waals surface area contributed by atoms with Crippen molar-refractivity contribution in [3.8, 4) is 11.1 Å². The fraction of sp³-hybridized carbons (Fsp3) is 0.0667. The summed E-state index contributed by atoms with van der Waals surface area (Å²) in [5, 5.41) is 13.4.